The zero-order chi connectivity index (χ0) is 22.5. The Morgan fingerprint density at radius 1 is 0.758 bits per heavy atom. The van der Waals surface area contributed by atoms with E-state index in [1.54, 1.807) is 12.1 Å². The Morgan fingerprint density at radius 2 is 1.45 bits per heavy atom. The molecule has 0 saturated carbocycles. The number of aromatic hydroxyl groups is 1. The molecular weight excluding hydrogens is 412 g/mol. The summed E-state index contributed by atoms with van der Waals surface area (Å²) in [6.45, 7) is 0.941. The first-order chi connectivity index (χ1) is 16.2. The number of aryl methyl sites for hydroxylation is 1. The van der Waals surface area contributed by atoms with Gasteiger partial charge in [0.1, 0.15) is 42.3 Å². The first kappa shape index (κ1) is 21.0. The largest absolute Gasteiger partial charge is 0.508 e. The molecule has 4 heteroatoms. The maximum atomic E-state index is 10.0. The SMILES string of the molecule is Oc1ccc(C2CCc3ccc(OCc4ccccc4)cc3O2)c(OCc2ccccc2)c1. The highest BCUT2D eigenvalue weighted by Gasteiger charge is 2.25. The second kappa shape index (κ2) is 9.70. The fourth-order valence-electron chi connectivity index (χ4n) is 4.05. The fourth-order valence-corrected chi connectivity index (χ4v) is 4.05. The Bertz CT molecular complexity index is 1200. The van der Waals surface area contributed by atoms with Crippen molar-refractivity contribution >= 4 is 0 Å². The van der Waals surface area contributed by atoms with Gasteiger partial charge in [-0.25, -0.2) is 0 Å². The predicted molar refractivity (Wildman–Crippen MR) is 128 cm³/mol. The van der Waals surface area contributed by atoms with Gasteiger partial charge in [0.25, 0.3) is 0 Å². The van der Waals surface area contributed by atoms with E-state index in [0.29, 0.717) is 19.0 Å². The highest BCUT2D eigenvalue weighted by Crippen LogP contribution is 2.41. The lowest BCUT2D eigenvalue weighted by molar-refractivity contribution is 0.168. The summed E-state index contributed by atoms with van der Waals surface area (Å²) in [6.07, 6.45) is 1.58. The van der Waals surface area contributed by atoms with E-state index in [2.05, 4.69) is 6.07 Å². The van der Waals surface area contributed by atoms with Gasteiger partial charge in [-0.15, -0.1) is 0 Å². The molecule has 33 heavy (non-hydrogen) atoms. The van der Waals surface area contributed by atoms with Crippen LogP contribution in [0.25, 0.3) is 0 Å². The van der Waals surface area contributed by atoms with Gasteiger partial charge in [-0.3, -0.25) is 0 Å². The van der Waals surface area contributed by atoms with Crippen molar-refractivity contribution in [1.29, 1.82) is 0 Å². The van der Waals surface area contributed by atoms with Crippen LogP contribution in [0, 0.1) is 0 Å². The van der Waals surface area contributed by atoms with Gasteiger partial charge < -0.3 is 19.3 Å². The Balaban J connectivity index is 1.32. The van der Waals surface area contributed by atoms with Crippen molar-refractivity contribution in [2.24, 2.45) is 0 Å². The van der Waals surface area contributed by atoms with Crippen LogP contribution in [0.3, 0.4) is 0 Å². The van der Waals surface area contributed by atoms with E-state index < -0.39 is 0 Å². The van der Waals surface area contributed by atoms with Gasteiger partial charge in [0.15, 0.2) is 0 Å². The predicted octanol–water partition coefficient (Wildman–Crippen LogP) is 6.62. The van der Waals surface area contributed by atoms with Crippen LogP contribution in [0.1, 0.15) is 34.8 Å². The van der Waals surface area contributed by atoms with Crippen molar-refractivity contribution in [3.05, 3.63) is 119 Å². The molecule has 0 spiro atoms. The molecule has 0 aromatic heterocycles. The molecule has 0 radical (unpaired) electrons. The van der Waals surface area contributed by atoms with Crippen LogP contribution in [0.5, 0.6) is 23.0 Å². The average molecular weight is 439 g/mol. The van der Waals surface area contributed by atoms with Crippen LogP contribution >= 0.6 is 0 Å². The molecule has 5 rings (SSSR count). The van der Waals surface area contributed by atoms with Gasteiger partial charge >= 0.3 is 0 Å². The Kier molecular flexibility index (Phi) is 6.16. The van der Waals surface area contributed by atoms with Crippen molar-refractivity contribution in [3.8, 4) is 23.0 Å². The summed E-state index contributed by atoms with van der Waals surface area (Å²) in [4.78, 5) is 0. The summed E-state index contributed by atoms with van der Waals surface area (Å²) < 4.78 is 18.5. The normalized spacial score (nSPS) is 14.7. The molecule has 1 aliphatic heterocycles. The lowest BCUT2D eigenvalue weighted by Crippen LogP contribution is -2.16. The molecule has 0 amide bonds. The number of fused-ring (bicyclic) bond motifs is 1. The maximum absolute atomic E-state index is 10.0. The second-order valence-electron chi connectivity index (χ2n) is 8.19. The third-order valence-electron chi connectivity index (χ3n) is 5.81. The highest BCUT2D eigenvalue weighted by atomic mass is 16.5. The van der Waals surface area contributed by atoms with E-state index in [1.165, 1.54) is 5.56 Å². The van der Waals surface area contributed by atoms with Gasteiger partial charge in [0.05, 0.1) is 0 Å². The number of phenols is 1. The van der Waals surface area contributed by atoms with Crippen molar-refractivity contribution < 1.29 is 19.3 Å². The fraction of sp³-hybridized carbons (Fsp3) is 0.172. The molecule has 4 nitrogen and oxygen atoms in total. The average Bonchev–Trinajstić information content (AvgIpc) is 2.87. The number of phenolic OH excluding ortho intramolecular Hbond substituents is 1. The summed E-state index contributed by atoms with van der Waals surface area (Å²) in [5.41, 5.74) is 4.30. The van der Waals surface area contributed by atoms with Crippen molar-refractivity contribution in [2.75, 3.05) is 0 Å². The van der Waals surface area contributed by atoms with Gasteiger partial charge in [-0.2, -0.15) is 0 Å². The summed E-state index contributed by atoms with van der Waals surface area (Å²) in [5.74, 6) is 2.43. The van der Waals surface area contributed by atoms with E-state index in [4.69, 9.17) is 14.2 Å². The number of hydrogen-bond acceptors (Lipinski definition) is 4. The second-order valence-corrected chi connectivity index (χ2v) is 8.19. The zero-order valence-electron chi connectivity index (χ0n) is 18.3. The Morgan fingerprint density at radius 3 is 2.18 bits per heavy atom. The quantitative estimate of drug-likeness (QED) is 0.352. The number of hydrogen-bond donors (Lipinski definition) is 1. The van der Waals surface area contributed by atoms with Crippen LogP contribution in [0.4, 0.5) is 0 Å². The number of ether oxygens (including phenoxy) is 3. The lowest BCUT2D eigenvalue weighted by atomic mass is 9.96. The minimum atomic E-state index is -0.159. The van der Waals surface area contributed by atoms with Crippen molar-refractivity contribution in [1.82, 2.24) is 0 Å². The van der Waals surface area contributed by atoms with Gasteiger partial charge in [0, 0.05) is 17.7 Å². The van der Waals surface area contributed by atoms with Crippen LogP contribution in [0.15, 0.2) is 97.1 Å². The first-order valence-corrected chi connectivity index (χ1v) is 11.2. The standard InChI is InChI=1S/C29H26O4/c30-24-13-15-26(29(17-24)32-20-22-9-5-2-6-10-22)27-16-12-23-11-14-25(18-28(23)33-27)31-19-21-7-3-1-4-8-21/h1-11,13-15,17-18,27,30H,12,16,19-20H2. The molecule has 0 aliphatic carbocycles. The molecule has 1 heterocycles. The smallest absolute Gasteiger partial charge is 0.130 e. The van der Waals surface area contributed by atoms with Gasteiger partial charge in [-0.05, 0) is 47.7 Å². The Hall–Kier alpha value is -3.92. The molecule has 1 unspecified atom stereocenters. The van der Waals surface area contributed by atoms with E-state index in [-0.39, 0.29) is 11.9 Å². The molecule has 4 aromatic carbocycles. The number of rotatable bonds is 7. The minimum absolute atomic E-state index is 0.159. The molecule has 0 fully saturated rings. The highest BCUT2D eigenvalue weighted by molar-refractivity contribution is 5.46. The van der Waals surface area contributed by atoms with Crippen molar-refractivity contribution in [3.63, 3.8) is 0 Å². The molecule has 1 aliphatic rings. The molecular formula is C29H26O4. The number of benzene rings is 4. The lowest BCUT2D eigenvalue weighted by Gasteiger charge is -2.28. The molecule has 0 saturated heterocycles. The summed E-state index contributed by atoms with van der Waals surface area (Å²) in [6, 6.07) is 31.4. The van der Waals surface area contributed by atoms with Crippen molar-refractivity contribution in [2.45, 2.75) is 32.2 Å². The van der Waals surface area contributed by atoms with E-state index >= 15 is 0 Å². The minimum Gasteiger partial charge on any atom is -0.508 e. The molecule has 166 valence electrons. The van der Waals surface area contributed by atoms with E-state index in [1.807, 2.05) is 78.9 Å². The van der Waals surface area contributed by atoms with Gasteiger partial charge in [-0.1, -0.05) is 66.7 Å². The maximum Gasteiger partial charge on any atom is 0.130 e. The summed E-state index contributed by atoms with van der Waals surface area (Å²) in [7, 11) is 0. The van der Waals surface area contributed by atoms with Gasteiger partial charge in [0.2, 0.25) is 0 Å². The van der Waals surface area contributed by atoms with E-state index in [0.717, 1.165) is 41.0 Å². The molecule has 1 N–H and O–H groups in total. The monoisotopic (exact) mass is 438 g/mol. The summed E-state index contributed by atoms with van der Waals surface area (Å²) in [5, 5.41) is 10.0. The summed E-state index contributed by atoms with van der Waals surface area (Å²) >= 11 is 0. The third kappa shape index (κ3) is 5.12. The third-order valence-corrected chi connectivity index (χ3v) is 5.81. The van der Waals surface area contributed by atoms with Crippen LogP contribution in [-0.4, -0.2) is 5.11 Å². The zero-order valence-corrected chi connectivity index (χ0v) is 18.3. The molecule has 1 atom stereocenters. The Labute approximate surface area is 194 Å². The molecule has 4 aromatic rings. The van der Waals surface area contributed by atoms with Crippen LogP contribution < -0.4 is 14.2 Å². The van der Waals surface area contributed by atoms with Crippen LogP contribution in [0.2, 0.25) is 0 Å². The topological polar surface area (TPSA) is 47.9 Å². The first-order valence-electron chi connectivity index (χ1n) is 11.2. The molecule has 0 bridgehead atoms. The van der Waals surface area contributed by atoms with Crippen LogP contribution in [-0.2, 0) is 19.6 Å². The van der Waals surface area contributed by atoms with E-state index in [9.17, 15) is 5.11 Å².